The Kier molecular flexibility index (Phi) is 15.8. The molecule has 140 heavy (non-hydrogen) atoms. The zero-order chi connectivity index (χ0) is 91.6. The standard InChI is InChI=1S/C45H29N3.2C42H23N3O/c1-45(2)34-21-4-3-14-27(34)32-19-9-20-33(42(32)45)43-44(47-36-23-6-5-22-35(36)46-43)48-37-24-10-17-30-28-15-7-12-26-13-8-16-29(39(26)28)31-18-11-25-38(48)41(31)40(30)37;1-4-23-36-25(12-1)30-17-7-18-31(41(30)46-36)40-42(44-33-20-3-2-19-32(33)43-40)45-34-21-8-15-28-26-13-5-10-24-11-6-14-27(37(24)26)29-16-9-22-35(45)39(29)38(28)34;1-4-20-36-26(11-1)27-22-21-25(23-37(27)46-36)41-42(44-33-17-3-2-16-32(33)43-41)45-34-18-7-14-30-28-12-5-9-24-10-6-13-29(38(24)28)31-15-8-19-35(45)40(31)39(30)34/h3-25H,1-2H3;2*1-23H. The molecular formula is C129H75N9O2. The summed E-state index contributed by atoms with van der Waals surface area (Å²) in [5.74, 6) is 2.44. The molecule has 8 heterocycles. The van der Waals surface area contributed by atoms with Crippen LogP contribution in [-0.4, -0.2) is 43.6 Å². The van der Waals surface area contributed by atoms with Crippen LogP contribution >= 0.6 is 0 Å². The molecule has 0 bridgehead atoms. The Labute approximate surface area is 799 Å². The van der Waals surface area contributed by atoms with Gasteiger partial charge in [-0.25, -0.2) is 29.9 Å². The molecule has 0 spiro atoms. The first kappa shape index (κ1) is 76.8. The van der Waals surface area contributed by atoms with Crippen LogP contribution in [0, 0.1) is 0 Å². The molecule has 29 aromatic rings. The summed E-state index contributed by atoms with van der Waals surface area (Å²) < 4.78 is 19.9. The molecule has 0 N–H and O–H groups in total. The average Bonchev–Trinajstić information content (AvgIpc) is 1.55. The summed E-state index contributed by atoms with van der Waals surface area (Å²) in [6.07, 6.45) is 0. The fourth-order valence-corrected chi connectivity index (χ4v) is 24.6. The van der Waals surface area contributed by atoms with E-state index in [1.807, 2.05) is 72.8 Å². The molecule has 0 saturated carbocycles. The van der Waals surface area contributed by atoms with Crippen molar-refractivity contribution >= 4 is 175 Å². The normalized spacial score (nSPS) is 12.8. The first-order chi connectivity index (χ1) is 69.2. The molecule has 0 unspecified atom stereocenters. The van der Waals surface area contributed by atoms with E-state index in [0.717, 1.165) is 161 Å². The monoisotopic (exact) mass is 1780 g/mol. The summed E-state index contributed by atoms with van der Waals surface area (Å²) >= 11 is 0. The van der Waals surface area contributed by atoms with Gasteiger partial charge in [-0.2, -0.15) is 0 Å². The minimum absolute atomic E-state index is 0.197. The number of fused-ring (bicyclic) bond motifs is 18. The maximum Gasteiger partial charge on any atom is 0.165 e. The van der Waals surface area contributed by atoms with Gasteiger partial charge in [0.2, 0.25) is 0 Å². The number of nitrogens with zero attached hydrogens (tertiary/aromatic N) is 9. The number of para-hydroxylation sites is 9. The van der Waals surface area contributed by atoms with Crippen LogP contribution in [0.25, 0.3) is 304 Å². The van der Waals surface area contributed by atoms with Crippen LogP contribution in [0.1, 0.15) is 25.0 Å². The van der Waals surface area contributed by atoms with Crippen molar-refractivity contribution < 1.29 is 8.83 Å². The fourth-order valence-electron chi connectivity index (χ4n) is 24.6. The van der Waals surface area contributed by atoms with Crippen LogP contribution in [0.3, 0.4) is 0 Å². The molecule has 0 radical (unpaired) electrons. The first-order valence-corrected chi connectivity index (χ1v) is 47.9. The van der Waals surface area contributed by atoms with E-state index in [9.17, 15) is 0 Å². The lowest BCUT2D eigenvalue weighted by Crippen LogP contribution is -2.17. The molecule has 33 rings (SSSR count). The van der Waals surface area contributed by atoms with E-state index >= 15 is 0 Å². The average molecular weight is 1780 g/mol. The van der Waals surface area contributed by atoms with Gasteiger partial charge in [0.15, 0.2) is 17.5 Å². The Morgan fingerprint density at radius 1 is 0.200 bits per heavy atom. The predicted molar refractivity (Wildman–Crippen MR) is 576 cm³/mol. The quantitative estimate of drug-likeness (QED) is 0.162. The van der Waals surface area contributed by atoms with Crippen molar-refractivity contribution in [1.82, 2.24) is 43.6 Å². The second kappa shape index (κ2) is 28.7. The third kappa shape index (κ3) is 10.7. The molecule has 11 nitrogen and oxygen atoms in total. The number of hydrogen-bond donors (Lipinski definition) is 0. The fraction of sp³-hybridized carbons (Fsp3) is 0.0233. The Morgan fingerprint density at radius 3 is 0.900 bits per heavy atom. The third-order valence-electron chi connectivity index (χ3n) is 30.3. The Morgan fingerprint density at radius 2 is 0.479 bits per heavy atom. The highest BCUT2D eigenvalue weighted by Gasteiger charge is 2.40. The van der Waals surface area contributed by atoms with Crippen LogP contribution < -0.4 is 0 Å². The van der Waals surface area contributed by atoms with E-state index in [1.165, 1.54) is 154 Å². The molecule has 4 aliphatic rings. The SMILES string of the molecule is CC1(C)c2ccccc2-c2cccc(-c3nc4ccccc4nc3-n3c4cccc5c4c4c(cccc43)-c3cccc4cccc-5c34)c21.c1cc2c3c(cccc3c1)-c1cccc3c1c1c-2cccc1n3-c1nc2ccccc2nc1-c1ccc2c(c1)oc1ccccc12.c1cc2c3c(cccc3c1)-c1cccc3c1c1c-2cccc1n3-c1nc2ccccc2nc1-c1cccc2c1oc1ccccc12. The molecular weight excluding hydrogens is 1710 g/mol. The van der Waals surface area contributed by atoms with E-state index in [-0.39, 0.29) is 5.41 Å². The molecule has 0 atom stereocenters. The molecule has 0 amide bonds. The van der Waals surface area contributed by atoms with Gasteiger partial charge in [-0.1, -0.05) is 329 Å². The highest BCUT2D eigenvalue weighted by molar-refractivity contribution is 6.31. The summed E-state index contributed by atoms with van der Waals surface area (Å²) in [6, 6.07) is 149. The summed E-state index contributed by atoms with van der Waals surface area (Å²) in [5, 5.41) is 19.5. The van der Waals surface area contributed by atoms with Gasteiger partial charge in [0.25, 0.3) is 0 Å². The van der Waals surface area contributed by atoms with Crippen LogP contribution in [0.5, 0.6) is 0 Å². The lowest BCUT2D eigenvalue weighted by molar-refractivity contribution is 0.661. The number of benzene rings is 21. The van der Waals surface area contributed by atoms with Crippen LogP contribution in [0.15, 0.2) is 427 Å². The van der Waals surface area contributed by atoms with E-state index in [0.29, 0.717) is 0 Å². The number of aromatic nitrogens is 9. The highest BCUT2D eigenvalue weighted by atomic mass is 16.3. The summed E-state index contributed by atoms with van der Waals surface area (Å²) in [4.78, 5) is 32.4. The van der Waals surface area contributed by atoms with E-state index < -0.39 is 0 Å². The Hall–Kier alpha value is -18.6. The van der Waals surface area contributed by atoms with Crippen molar-refractivity contribution in [3.8, 4) is 129 Å². The van der Waals surface area contributed by atoms with Crippen molar-refractivity contribution in [2.45, 2.75) is 19.3 Å². The van der Waals surface area contributed by atoms with E-state index in [2.05, 4.69) is 373 Å². The van der Waals surface area contributed by atoms with Crippen molar-refractivity contribution in [2.24, 2.45) is 0 Å². The van der Waals surface area contributed by atoms with Gasteiger partial charge in [0.1, 0.15) is 39.4 Å². The van der Waals surface area contributed by atoms with Crippen molar-refractivity contribution in [1.29, 1.82) is 0 Å². The summed E-state index contributed by atoms with van der Waals surface area (Å²) in [5.41, 5.74) is 40.9. The lowest BCUT2D eigenvalue weighted by Gasteiger charge is -2.25. The maximum atomic E-state index is 6.56. The zero-order valence-electron chi connectivity index (χ0n) is 75.7. The van der Waals surface area contributed by atoms with Crippen molar-refractivity contribution in [3.05, 3.63) is 430 Å². The van der Waals surface area contributed by atoms with Gasteiger partial charge in [0.05, 0.1) is 66.2 Å². The molecule has 0 fully saturated rings. The molecule has 4 aliphatic carbocycles. The van der Waals surface area contributed by atoms with Gasteiger partial charge < -0.3 is 8.83 Å². The molecule has 0 saturated heterocycles. The van der Waals surface area contributed by atoms with Crippen molar-refractivity contribution in [3.63, 3.8) is 0 Å². The molecule has 11 heteroatoms. The smallest absolute Gasteiger partial charge is 0.165 e. The highest BCUT2D eigenvalue weighted by Crippen LogP contribution is 2.58. The maximum absolute atomic E-state index is 6.56. The zero-order valence-corrected chi connectivity index (χ0v) is 75.7. The van der Waals surface area contributed by atoms with Crippen LogP contribution in [0.4, 0.5) is 0 Å². The first-order valence-electron chi connectivity index (χ1n) is 47.9. The second-order valence-electron chi connectivity index (χ2n) is 38.0. The number of rotatable bonds is 6. The molecule has 8 aromatic heterocycles. The molecule has 0 aliphatic heterocycles. The number of hydrogen-bond acceptors (Lipinski definition) is 8. The largest absolute Gasteiger partial charge is 0.456 e. The predicted octanol–water partition coefficient (Wildman–Crippen LogP) is 33.7. The number of furan rings is 2. The van der Waals surface area contributed by atoms with Gasteiger partial charge in [-0.3, -0.25) is 13.7 Å². The van der Waals surface area contributed by atoms with Crippen LogP contribution in [0.2, 0.25) is 0 Å². The Balaban J connectivity index is 0.0000000968. The lowest BCUT2D eigenvalue weighted by atomic mass is 9.79. The van der Waals surface area contributed by atoms with E-state index in [1.54, 1.807) is 0 Å². The van der Waals surface area contributed by atoms with Crippen molar-refractivity contribution in [2.75, 3.05) is 0 Å². The van der Waals surface area contributed by atoms with Gasteiger partial charge in [-0.15, -0.1) is 0 Å². The molecule has 648 valence electrons. The minimum Gasteiger partial charge on any atom is -0.456 e. The van der Waals surface area contributed by atoms with E-state index in [4.69, 9.17) is 38.7 Å². The summed E-state index contributed by atoms with van der Waals surface area (Å²) in [6.45, 7) is 4.69. The summed E-state index contributed by atoms with van der Waals surface area (Å²) in [7, 11) is 0. The van der Waals surface area contributed by atoms with Gasteiger partial charge in [0, 0.05) is 76.0 Å². The minimum atomic E-state index is -0.197. The van der Waals surface area contributed by atoms with Gasteiger partial charge in [-0.05, 0) is 224 Å². The molecule has 21 aromatic carbocycles. The second-order valence-corrected chi connectivity index (χ2v) is 38.0. The third-order valence-corrected chi connectivity index (χ3v) is 30.3. The van der Waals surface area contributed by atoms with Gasteiger partial charge >= 0.3 is 0 Å². The Bertz CT molecular complexity index is 10300. The van der Waals surface area contributed by atoms with Crippen LogP contribution in [-0.2, 0) is 5.41 Å². The topological polar surface area (TPSA) is 118 Å².